The van der Waals surface area contributed by atoms with Crippen molar-refractivity contribution >= 4 is 11.8 Å². The maximum atomic E-state index is 5.33. The molecule has 6 heteroatoms. The van der Waals surface area contributed by atoms with Crippen LogP contribution in [0.15, 0.2) is 9.68 Å². The lowest BCUT2D eigenvalue weighted by Gasteiger charge is -2.08. The van der Waals surface area contributed by atoms with Gasteiger partial charge >= 0.3 is 0 Å². The normalized spacial score (nSPS) is 11.5. The molecule has 0 N–H and O–H groups in total. The van der Waals surface area contributed by atoms with Crippen LogP contribution in [0.1, 0.15) is 56.7 Å². The molecule has 0 saturated carbocycles. The van der Waals surface area contributed by atoms with Crippen molar-refractivity contribution < 1.29 is 4.52 Å². The van der Waals surface area contributed by atoms with Gasteiger partial charge in [0.05, 0.1) is 11.4 Å². The molecule has 22 heavy (non-hydrogen) atoms. The fraction of sp³-hybridized carbons (Fsp3) is 0.688. The topological polar surface area (TPSA) is 56.7 Å². The molecule has 0 aromatic carbocycles. The highest BCUT2D eigenvalue weighted by Crippen LogP contribution is 2.25. The Labute approximate surface area is 136 Å². The van der Waals surface area contributed by atoms with Gasteiger partial charge in [-0.05, 0) is 26.2 Å². The number of hydrogen-bond donors (Lipinski definition) is 0. The third-order valence-electron chi connectivity index (χ3n) is 3.58. The largest absolute Gasteiger partial charge is 0.338 e. The number of unbranched alkanes of at least 4 members (excludes halogenated alkanes) is 1. The first-order valence-corrected chi connectivity index (χ1v) is 8.97. The van der Waals surface area contributed by atoms with Crippen LogP contribution in [0.4, 0.5) is 0 Å². The first-order chi connectivity index (χ1) is 10.5. The van der Waals surface area contributed by atoms with Gasteiger partial charge in [-0.3, -0.25) is 0 Å². The second-order valence-electron chi connectivity index (χ2n) is 6.06. The summed E-state index contributed by atoms with van der Waals surface area (Å²) in [6.45, 7) is 11.7. The van der Waals surface area contributed by atoms with Crippen molar-refractivity contribution in [3.05, 3.63) is 23.1 Å². The summed E-state index contributed by atoms with van der Waals surface area (Å²) in [6.07, 6.45) is 3.21. The number of rotatable bonds is 8. The average Bonchev–Trinajstić information content (AvgIpc) is 3.00. The molecule has 0 aliphatic heterocycles. The first-order valence-electron chi connectivity index (χ1n) is 7.99. The highest BCUT2D eigenvalue weighted by molar-refractivity contribution is 7.98. The molecule has 0 fully saturated rings. The summed E-state index contributed by atoms with van der Waals surface area (Å²) in [7, 11) is 0. The molecule has 0 unspecified atom stereocenters. The molecule has 0 atom stereocenters. The van der Waals surface area contributed by atoms with Crippen LogP contribution in [0.25, 0.3) is 0 Å². The van der Waals surface area contributed by atoms with Crippen LogP contribution in [0.5, 0.6) is 0 Å². The predicted molar refractivity (Wildman–Crippen MR) is 89.0 cm³/mol. The van der Waals surface area contributed by atoms with Gasteiger partial charge in [0.2, 0.25) is 5.89 Å². The molecule has 0 saturated heterocycles. The molecular weight excluding hydrogens is 296 g/mol. The summed E-state index contributed by atoms with van der Waals surface area (Å²) in [5, 5.41) is 5.08. The average molecular weight is 322 g/mol. The first kappa shape index (κ1) is 17.1. The monoisotopic (exact) mass is 322 g/mol. The molecule has 0 radical (unpaired) electrons. The van der Waals surface area contributed by atoms with E-state index in [0.717, 1.165) is 29.6 Å². The molecule has 0 amide bonds. The van der Waals surface area contributed by atoms with Crippen molar-refractivity contribution in [3.8, 4) is 0 Å². The number of aromatic nitrogens is 4. The SMILES string of the molecule is CCCCn1c(SCc2nc(CC(C)C)no2)nc(C)c1C. The van der Waals surface area contributed by atoms with E-state index in [1.807, 2.05) is 0 Å². The number of thioether (sulfide) groups is 1. The van der Waals surface area contributed by atoms with Crippen LogP contribution in [0, 0.1) is 19.8 Å². The Morgan fingerprint density at radius 1 is 1.23 bits per heavy atom. The van der Waals surface area contributed by atoms with Crippen molar-refractivity contribution in [3.63, 3.8) is 0 Å². The van der Waals surface area contributed by atoms with E-state index in [0.29, 0.717) is 17.6 Å². The third kappa shape index (κ3) is 4.35. The van der Waals surface area contributed by atoms with Gasteiger partial charge in [-0.25, -0.2) is 4.98 Å². The van der Waals surface area contributed by atoms with Gasteiger partial charge in [-0.1, -0.05) is 44.1 Å². The van der Waals surface area contributed by atoms with Gasteiger partial charge in [0.25, 0.3) is 0 Å². The number of nitrogens with zero attached hydrogens (tertiary/aromatic N) is 4. The fourth-order valence-corrected chi connectivity index (χ4v) is 3.19. The standard InChI is InChI=1S/C16H26N4OS/c1-6-7-8-20-13(5)12(4)17-16(20)22-10-15-18-14(19-21-15)9-11(2)3/h11H,6-10H2,1-5H3. The highest BCUT2D eigenvalue weighted by atomic mass is 32.2. The Morgan fingerprint density at radius 3 is 2.68 bits per heavy atom. The van der Waals surface area contributed by atoms with E-state index in [-0.39, 0.29) is 0 Å². The lowest BCUT2D eigenvalue weighted by atomic mass is 10.1. The zero-order chi connectivity index (χ0) is 16.1. The molecular formula is C16H26N4OS. The summed E-state index contributed by atoms with van der Waals surface area (Å²) in [5.41, 5.74) is 2.35. The van der Waals surface area contributed by atoms with Crippen molar-refractivity contribution in [2.24, 2.45) is 5.92 Å². The van der Waals surface area contributed by atoms with Gasteiger partial charge in [0.15, 0.2) is 11.0 Å². The number of imidazole rings is 1. The van der Waals surface area contributed by atoms with Crippen LogP contribution < -0.4 is 0 Å². The number of hydrogen-bond acceptors (Lipinski definition) is 5. The summed E-state index contributed by atoms with van der Waals surface area (Å²) < 4.78 is 7.63. The molecule has 5 nitrogen and oxygen atoms in total. The van der Waals surface area contributed by atoms with E-state index in [4.69, 9.17) is 4.52 Å². The zero-order valence-corrected chi connectivity index (χ0v) is 15.0. The van der Waals surface area contributed by atoms with Crippen molar-refractivity contribution in [2.75, 3.05) is 0 Å². The number of aryl methyl sites for hydroxylation is 1. The summed E-state index contributed by atoms with van der Waals surface area (Å²) >= 11 is 1.67. The molecule has 2 rings (SSSR count). The van der Waals surface area contributed by atoms with Crippen molar-refractivity contribution in [2.45, 2.75) is 71.3 Å². The minimum absolute atomic E-state index is 0.538. The van der Waals surface area contributed by atoms with E-state index < -0.39 is 0 Å². The predicted octanol–water partition coefficient (Wildman–Crippen LogP) is 4.17. The van der Waals surface area contributed by atoms with E-state index in [9.17, 15) is 0 Å². The zero-order valence-electron chi connectivity index (χ0n) is 14.2. The molecule has 0 spiro atoms. The quantitative estimate of drug-likeness (QED) is 0.683. The van der Waals surface area contributed by atoms with E-state index in [1.165, 1.54) is 18.5 Å². The minimum Gasteiger partial charge on any atom is -0.338 e. The Morgan fingerprint density at radius 2 is 2.00 bits per heavy atom. The van der Waals surface area contributed by atoms with E-state index in [2.05, 4.69) is 54.3 Å². The molecule has 0 bridgehead atoms. The lowest BCUT2D eigenvalue weighted by Crippen LogP contribution is -2.02. The van der Waals surface area contributed by atoms with Gasteiger partial charge in [-0.2, -0.15) is 4.98 Å². The van der Waals surface area contributed by atoms with Crippen LogP contribution >= 0.6 is 11.8 Å². The molecule has 0 aliphatic rings. The van der Waals surface area contributed by atoms with Crippen molar-refractivity contribution in [1.29, 1.82) is 0 Å². The molecule has 122 valence electrons. The fourth-order valence-electron chi connectivity index (χ4n) is 2.24. The molecule has 2 aromatic heterocycles. The maximum absolute atomic E-state index is 5.33. The van der Waals surface area contributed by atoms with Crippen LogP contribution in [-0.2, 0) is 18.7 Å². The summed E-state index contributed by atoms with van der Waals surface area (Å²) in [4.78, 5) is 9.12. The lowest BCUT2D eigenvalue weighted by molar-refractivity contribution is 0.382. The van der Waals surface area contributed by atoms with Gasteiger partial charge in [0.1, 0.15) is 0 Å². The smallest absolute Gasteiger partial charge is 0.237 e. The Bertz CT molecular complexity index is 603. The molecule has 2 heterocycles. The second kappa shape index (κ2) is 7.81. The maximum Gasteiger partial charge on any atom is 0.237 e. The van der Waals surface area contributed by atoms with Crippen molar-refractivity contribution in [1.82, 2.24) is 19.7 Å². The summed E-state index contributed by atoms with van der Waals surface area (Å²) in [6, 6.07) is 0. The second-order valence-corrected chi connectivity index (χ2v) is 7.00. The Hall–Kier alpha value is -1.30. The Kier molecular flexibility index (Phi) is 6.06. The minimum atomic E-state index is 0.538. The van der Waals surface area contributed by atoms with E-state index >= 15 is 0 Å². The van der Waals surface area contributed by atoms with Gasteiger partial charge in [-0.15, -0.1) is 0 Å². The van der Waals surface area contributed by atoms with Crippen LogP contribution in [0.2, 0.25) is 0 Å². The molecule has 0 aliphatic carbocycles. The van der Waals surface area contributed by atoms with Gasteiger partial charge < -0.3 is 9.09 Å². The summed E-state index contributed by atoms with van der Waals surface area (Å²) in [5.74, 6) is 2.69. The van der Waals surface area contributed by atoms with Crippen LogP contribution in [-0.4, -0.2) is 19.7 Å². The highest BCUT2D eigenvalue weighted by Gasteiger charge is 2.14. The van der Waals surface area contributed by atoms with E-state index in [1.54, 1.807) is 11.8 Å². The van der Waals surface area contributed by atoms with Gasteiger partial charge in [0, 0.05) is 18.7 Å². The molecule has 2 aromatic rings. The third-order valence-corrected chi connectivity index (χ3v) is 4.54. The van der Waals surface area contributed by atoms with Crippen LogP contribution in [0.3, 0.4) is 0 Å². The Balaban J connectivity index is 2.01.